The molecule has 30 heavy (non-hydrogen) atoms. The van der Waals surface area contributed by atoms with Crippen molar-refractivity contribution in [1.29, 1.82) is 0 Å². The van der Waals surface area contributed by atoms with Crippen molar-refractivity contribution in [1.82, 2.24) is 20.1 Å². The van der Waals surface area contributed by atoms with E-state index in [4.69, 9.17) is 0 Å². The molecule has 1 aliphatic heterocycles. The number of halogens is 1. The molecule has 2 aromatic heterocycles. The molecule has 0 amide bonds. The Balaban J connectivity index is 1.61. The summed E-state index contributed by atoms with van der Waals surface area (Å²) in [5, 5.41) is 11.0. The van der Waals surface area contributed by atoms with E-state index in [0.717, 1.165) is 65.2 Å². The Bertz CT molecular complexity index is 1190. The van der Waals surface area contributed by atoms with Crippen molar-refractivity contribution in [2.24, 2.45) is 0 Å². The number of piperazine rings is 1. The monoisotopic (exact) mass is 399 g/mol. The van der Waals surface area contributed by atoms with Gasteiger partial charge in [0.05, 0.1) is 0 Å². The summed E-state index contributed by atoms with van der Waals surface area (Å²) >= 11 is 0. The van der Waals surface area contributed by atoms with Crippen molar-refractivity contribution in [3.8, 4) is 22.4 Å². The fraction of sp³-hybridized carbons (Fsp3) is 0.208. The van der Waals surface area contributed by atoms with Gasteiger partial charge in [-0.05, 0) is 59.8 Å². The maximum atomic E-state index is 13.6. The Kier molecular flexibility index (Phi) is 4.85. The predicted octanol–water partition coefficient (Wildman–Crippen LogP) is 4.25. The third kappa shape index (κ3) is 3.62. The van der Waals surface area contributed by atoms with Crippen LogP contribution in [-0.4, -0.2) is 53.3 Å². The van der Waals surface area contributed by atoms with Crippen molar-refractivity contribution >= 4 is 16.6 Å². The second-order valence-electron chi connectivity index (χ2n) is 7.70. The van der Waals surface area contributed by atoms with Gasteiger partial charge in [0.25, 0.3) is 0 Å². The number of anilines is 1. The number of fused-ring (bicyclic) bond motifs is 1. The lowest BCUT2D eigenvalue weighted by Crippen LogP contribution is -2.44. The average Bonchev–Trinajstić information content (AvgIpc) is 2.79. The van der Waals surface area contributed by atoms with Crippen LogP contribution in [0.5, 0.6) is 0 Å². The van der Waals surface area contributed by atoms with Gasteiger partial charge in [-0.25, -0.2) is 4.39 Å². The lowest BCUT2D eigenvalue weighted by molar-refractivity contribution is 0.312. The van der Waals surface area contributed by atoms with Crippen LogP contribution in [0, 0.1) is 5.82 Å². The van der Waals surface area contributed by atoms with Crippen LogP contribution in [0.25, 0.3) is 33.2 Å². The first kappa shape index (κ1) is 18.6. The molecule has 0 aliphatic carbocycles. The molecule has 1 aliphatic rings. The van der Waals surface area contributed by atoms with Gasteiger partial charge < -0.3 is 9.80 Å². The molecular weight excluding hydrogens is 377 g/mol. The zero-order valence-electron chi connectivity index (χ0n) is 16.8. The number of nitrogens with zero attached hydrogens (tertiary/aromatic N) is 5. The number of hydrogen-bond donors (Lipinski definition) is 0. The van der Waals surface area contributed by atoms with Crippen molar-refractivity contribution < 1.29 is 4.39 Å². The van der Waals surface area contributed by atoms with Gasteiger partial charge in [0, 0.05) is 49.7 Å². The second-order valence-corrected chi connectivity index (χ2v) is 7.70. The van der Waals surface area contributed by atoms with Crippen LogP contribution >= 0.6 is 0 Å². The molecule has 5 nitrogen and oxygen atoms in total. The van der Waals surface area contributed by atoms with Gasteiger partial charge in [-0.15, -0.1) is 10.2 Å². The fourth-order valence-electron chi connectivity index (χ4n) is 3.90. The van der Waals surface area contributed by atoms with Crippen molar-refractivity contribution in [2.75, 3.05) is 38.1 Å². The van der Waals surface area contributed by atoms with Crippen molar-refractivity contribution in [2.45, 2.75) is 0 Å². The quantitative estimate of drug-likeness (QED) is 0.515. The summed E-state index contributed by atoms with van der Waals surface area (Å²) in [6.07, 6.45) is 3.58. The SMILES string of the molecule is CN1CCN(c2cc(-c3ccncc3)c(-c3ccc4cc(F)ccc4c3)nn2)CC1. The minimum atomic E-state index is -0.232. The summed E-state index contributed by atoms with van der Waals surface area (Å²) in [6, 6.07) is 16.9. The molecule has 0 unspecified atom stereocenters. The van der Waals surface area contributed by atoms with Crippen LogP contribution < -0.4 is 4.90 Å². The van der Waals surface area contributed by atoms with Crippen LogP contribution in [0.4, 0.5) is 10.2 Å². The minimum absolute atomic E-state index is 0.232. The summed E-state index contributed by atoms with van der Waals surface area (Å²) in [7, 11) is 2.14. The van der Waals surface area contributed by atoms with Gasteiger partial charge in [-0.1, -0.05) is 18.2 Å². The van der Waals surface area contributed by atoms with Crippen molar-refractivity contribution in [3.63, 3.8) is 0 Å². The van der Waals surface area contributed by atoms with Gasteiger partial charge >= 0.3 is 0 Å². The third-order valence-corrected chi connectivity index (χ3v) is 5.68. The molecule has 150 valence electrons. The van der Waals surface area contributed by atoms with Gasteiger partial charge in [0.1, 0.15) is 11.5 Å². The van der Waals surface area contributed by atoms with Gasteiger partial charge in [-0.2, -0.15) is 0 Å². The molecule has 0 atom stereocenters. The fourth-order valence-corrected chi connectivity index (χ4v) is 3.90. The third-order valence-electron chi connectivity index (χ3n) is 5.68. The second kappa shape index (κ2) is 7.80. The lowest BCUT2D eigenvalue weighted by Gasteiger charge is -2.33. The number of hydrogen-bond acceptors (Lipinski definition) is 5. The largest absolute Gasteiger partial charge is 0.353 e. The number of pyridine rings is 1. The summed E-state index contributed by atoms with van der Waals surface area (Å²) in [5.74, 6) is 0.658. The van der Waals surface area contributed by atoms with Crippen molar-refractivity contribution in [3.05, 3.63) is 72.8 Å². The van der Waals surface area contributed by atoms with E-state index in [1.807, 2.05) is 30.3 Å². The van der Waals surface area contributed by atoms with Crippen LogP contribution in [-0.2, 0) is 0 Å². The molecule has 5 rings (SSSR count). The molecule has 1 fully saturated rings. The Morgan fingerprint density at radius 3 is 2.30 bits per heavy atom. The maximum absolute atomic E-state index is 13.6. The van der Waals surface area contributed by atoms with E-state index < -0.39 is 0 Å². The first-order valence-corrected chi connectivity index (χ1v) is 10.1. The zero-order chi connectivity index (χ0) is 20.5. The summed E-state index contributed by atoms with van der Waals surface area (Å²) < 4.78 is 13.6. The molecule has 2 aromatic carbocycles. The average molecular weight is 399 g/mol. The lowest BCUT2D eigenvalue weighted by atomic mass is 9.98. The first-order chi connectivity index (χ1) is 14.7. The molecular formula is C24H22FN5. The smallest absolute Gasteiger partial charge is 0.151 e. The Hall–Kier alpha value is -3.38. The van der Waals surface area contributed by atoms with Crippen LogP contribution in [0.1, 0.15) is 0 Å². The van der Waals surface area contributed by atoms with Gasteiger partial charge in [0.2, 0.25) is 0 Å². The Morgan fingerprint density at radius 2 is 1.50 bits per heavy atom. The number of likely N-dealkylation sites (N-methyl/N-ethyl adjacent to an activating group) is 1. The molecule has 0 N–H and O–H groups in total. The van der Waals surface area contributed by atoms with E-state index in [1.54, 1.807) is 24.5 Å². The highest BCUT2D eigenvalue weighted by Crippen LogP contribution is 2.33. The van der Waals surface area contributed by atoms with Crippen LogP contribution in [0.15, 0.2) is 67.0 Å². The van der Waals surface area contributed by atoms with Gasteiger partial charge in [0.15, 0.2) is 5.82 Å². The van der Waals surface area contributed by atoms with E-state index in [-0.39, 0.29) is 5.82 Å². The summed E-state index contributed by atoms with van der Waals surface area (Å²) in [6.45, 7) is 3.88. The maximum Gasteiger partial charge on any atom is 0.151 e. The van der Waals surface area contributed by atoms with Crippen LogP contribution in [0.3, 0.4) is 0 Å². The molecule has 6 heteroatoms. The highest BCUT2D eigenvalue weighted by molar-refractivity contribution is 5.90. The molecule has 4 aromatic rings. The highest BCUT2D eigenvalue weighted by atomic mass is 19.1. The zero-order valence-corrected chi connectivity index (χ0v) is 16.8. The van der Waals surface area contributed by atoms with E-state index in [9.17, 15) is 4.39 Å². The molecule has 0 bridgehead atoms. The number of benzene rings is 2. The predicted molar refractivity (Wildman–Crippen MR) is 118 cm³/mol. The number of aromatic nitrogens is 3. The topological polar surface area (TPSA) is 45.2 Å². The summed E-state index contributed by atoms with van der Waals surface area (Å²) in [4.78, 5) is 8.76. The summed E-state index contributed by atoms with van der Waals surface area (Å²) in [5.41, 5.74) is 3.83. The molecule has 0 radical (unpaired) electrons. The molecule has 1 saturated heterocycles. The molecule has 0 spiro atoms. The Morgan fingerprint density at radius 1 is 0.767 bits per heavy atom. The molecule has 3 heterocycles. The normalized spacial score (nSPS) is 14.9. The highest BCUT2D eigenvalue weighted by Gasteiger charge is 2.19. The number of rotatable bonds is 3. The first-order valence-electron chi connectivity index (χ1n) is 10.1. The van der Waals surface area contributed by atoms with E-state index in [1.165, 1.54) is 6.07 Å². The standard InChI is InChI=1S/C24H22FN5/c1-29-10-12-30(13-11-29)23-16-22(17-6-8-26-9-7-17)24(28-27-23)20-3-2-19-15-21(25)5-4-18(19)14-20/h2-9,14-16H,10-13H2,1H3. The van der Waals surface area contributed by atoms with Gasteiger partial charge in [-0.3, -0.25) is 4.98 Å². The van der Waals surface area contributed by atoms with E-state index in [2.05, 4.69) is 38.1 Å². The van der Waals surface area contributed by atoms with E-state index >= 15 is 0 Å². The van der Waals surface area contributed by atoms with Crippen LogP contribution in [0.2, 0.25) is 0 Å². The Labute approximate surface area is 174 Å². The van der Waals surface area contributed by atoms with E-state index in [0.29, 0.717) is 0 Å². The molecule has 0 saturated carbocycles. The minimum Gasteiger partial charge on any atom is -0.353 e.